The third-order valence-electron chi connectivity index (χ3n) is 5.32. The molecule has 0 fully saturated rings. The number of aryl methyl sites for hydroxylation is 2. The summed E-state index contributed by atoms with van der Waals surface area (Å²) in [7, 11) is 1.56. The Labute approximate surface area is 199 Å². The van der Waals surface area contributed by atoms with Gasteiger partial charge < -0.3 is 10.1 Å². The SMILES string of the molecule is COc1ccccc1NC(=O)C(C)Sc1nc2sc(C)c(C)c2c(=O)n1Cc1ccccn1. The van der Waals surface area contributed by atoms with Crippen LogP contribution in [0.25, 0.3) is 10.2 Å². The van der Waals surface area contributed by atoms with E-state index in [1.54, 1.807) is 36.9 Å². The van der Waals surface area contributed by atoms with E-state index >= 15 is 0 Å². The van der Waals surface area contributed by atoms with Gasteiger partial charge in [0.05, 0.1) is 35.7 Å². The van der Waals surface area contributed by atoms with E-state index in [2.05, 4.69) is 10.3 Å². The van der Waals surface area contributed by atoms with Gasteiger partial charge in [-0.05, 0) is 50.6 Å². The van der Waals surface area contributed by atoms with Crippen LogP contribution in [-0.2, 0) is 11.3 Å². The van der Waals surface area contributed by atoms with Crippen molar-refractivity contribution < 1.29 is 9.53 Å². The first-order valence-electron chi connectivity index (χ1n) is 10.4. The quantitative estimate of drug-likeness (QED) is 0.306. The molecule has 0 aliphatic heterocycles. The van der Waals surface area contributed by atoms with Crippen molar-refractivity contribution in [2.24, 2.45) is 0 Å². The third kappa shape index (κ3) is 4.79. The van der Waals surface area contributed by atoms with Crippen molar-refractivity contribution in [1.82, 2.24) is 14.5 Å². The molecule has 0 saturated heterocycles. The van der Waals surface area contributed by atoms with Gasteiger partial charge in [0.25, 0.3) is 5.56 Å². The molecule has 3 aromatic heterocycles. The molecule has 0 spiro atoms. The highest BCUT2D eigenvalue weighted by molar-refractivity contribution is 8.00. The smallest absolute Gasteiger partial charge is 0.263 e. The molecule has 33 heavy (non-hydrogen) atoms. The summed E-state index contributed by atoms with van der Waals surface area (Å²) in [5, 5.41) is 3.52. The van der Waals surface area contributed by atoms with Gasteiger partial charge in [-0.15, -0.1) is 11.3 Å². The predicted molar refractivity (Wildman–Crippen MR) is 134 cm³/mol. The molecule has 1 N–H and O–H groups in total. The summed E-state index contributed by atoms with van der Waals surface area (Å²) in [4.78, 5) is 37.3. The van der Waals surface area contributed by atoms with E-state index in [1.165, 1.54) is 23.1 Å². The summed E-state index contributed by atoms with van der Waals surface area (Å²) >= 11 is 2.75. The summed E-state index contributed by atoms with van der Waals surface area (Å²) in [6.45, 7) is 6.00. The highest BCUT2D eigenvalue weighted by Gasteiger charge is 2.22. The molecular formula is C24H24N4O3S2. The molecule has 4 aromatic rings. The number of hydrogen-bond donors (Lipinski definition) is 1. The zero-order valence-electron chi connectivity index (χ0n) is 18.8. The first-order valence-corrected chi connectivity index (χ1v) is 12.1. The van der Waals surface area contributed by atoms with Crippen LogP contribution >= 0.6 is 23.1 Å². The Hall–Kier alpha value is -3.17. The molecule has 7 nitrogen and oxygen atoms in total. The number of anilines is 1. The molecule has 0 aliphatic carbocycles. The highest BCUT2D eigenvalue weighted by Crippen LogP contribution is 2.31. The van der Waals surface area contributed by atoms with Crippen LogP contribution in [0.5, 0.6) is 5.75 Å². The number of pyridine rings is 1. The lowest BCUT2D eigenvalue weighted by molar-refractivity contribution is -0.115. The second-order valence-electron chi connectivity index (χ2n) is 7.52. The molecule has 170 valence electrons. The Morgan fingerprint density at radius 3 is 2.70 bits per heavy atom. The molecule has 3 heterocycles. The van der Waals surface area contributed by atoms with E-state index in [1.807, 2.05) is 44.2 Å². The number of aromatic nitrogens is 3. The minimum Gasteiger partial charge on any atom is -0.495 e. The minimum atomic E-state index is -0.503. The zero-order chi connectivity index (χ0) is 23.5. The lowest BCUT2D eigenvalue weighted by Crippen LogP contribution is -2.27. The normalized spacial score (nSPS) is 12.0. The van der Waals surface area contributed by atoms with Gasteiger partial charge in [-0.3, -0.25) is 19.1 Å². The molecule has 4 rings (SSSR count). The first-order chi connectivity index (χ1) is 15.9. The van der Waals surface area contributed by atoms with Gasteiger partial charge in [0.2, 0.25) is 5.91 Å². The number of ether oxygens (including phenoxy) is 1. The van der Waals surface area contributed by atoms with Crippen LogP contribution < -0.4 is 15.6 Å². The number of nitrogens with zero attached hydrogens (tertiary/aromatic N) is 3. The lowest BCUT2D eigenvalue weighted by Gasteiger charge is -2.16. The van der Waals surface area contributed by atoms with Crippen LogP contribution in [0.2, 0.25) is 0 Å². The maximum absolute atomic E-state index is 13.5. The van der Waals surface area contributed by atoms with Gasteiger partial charge in [-0.1, -0.05) is 30.0 Å². The number of methoxy groups -OCH3 is 1. The maximum Gasteiger partial charge on any atom is 0.263 e. The Bertz CT molecular complexity index is 1370. The summed E-state index contributed by atoms with van der Waals surface area (Å²) in [6.07, 6.45) is 1.70. The maximum atomic E-state index is 13.5. The van der Waals surface area contributed by atoms with E-state index in [0.29, 0.717) is 26.8 Å². The Morgan fingerprint density at radius 1 is 1.21 bits per heavy atom. The fourth-order valence-electron chi connectivity index (χ4n) is 3.39. The molecule has 1 aromatic carbocycles. The highest BCUT2D eigenvalue weighted by atomic mass is 32.2. The number of carbonyl (C=O) groups excluding carboxylic acids is 1. The number of para-hydroxylation sites is 2. The standard InChI is InChI=1S/C24H24N4O3S2/c1-14-15(2)32-22-20(14)23(30)28(13-17-9-7-8-12-25-17)24(27-22)33-16(3)21(29)26-18-10-5-6-11-19(18)31-4/h5-12,16H,13H2,1-4H3,(H,26,29). The second kappa shape index (κ2) is 9.76. The third-order valence-corrected chi connectivity index (χ3v) is 7.51. The van der Waals surface area contributed by atoms with Gasteiger partial charge in [0.15, 0.2) is 5.16 Å². The van der Waals surface area contributed by atoms with Gasteiger partial charge >= 0.3 is 0 Å². The van der Waals surface area contributed by atoms with Gasteiger partial charge in [0, 0.05) is 11.1 Å². The number of amides is 1. The van der Waals surface area contributed by atoms with Crippen LogP contribution in [0.1, 0.15) is 23.1 Å². The molecule has 0 saturated carbocycles. The number of rotatable bonds is 7. The average Bonchev–Trinajstić information content (AvgIpc) is 3.10. The summed E-state index contributed by atoms with van der Waals surface area (Å²) in [6, 6.07) is 12.8. The minimum absolute atomic E-state index is 0.118. The van der Waals surface area contributed by atoms with Gasteiger partial charge in [0.1, 0.15) is 10.6 Å². The molecule has 0 bridgehead atoms. The Kier molecular flexibility index (Phi) is 6.80. The van der Waals surface area contributed by atoms with Crippen molar-refractivity contribution in [3.8, 4) is 5.75 Å². The Balaban J connectivity index is 1.69. The molecular weight excluding hydrogens is 456 g/mol. The molecule has 0 radical (unpaired) electrons. The largest absolute Gasteiger partial charge is 0.495 e. The van der Waals surface area contributed by atoms with Crippen molar-refractivity contribution in [2.75, 3.05) is 12.4 Å². The van der Waals surface area contributed by atoms with Crippen molar-refractivity contribution in [1.29, 1.82) is 0 Å². The number of thiophene rings is 1. The van der Waals surface area contributed by atoms with Gasteiger partial charge in [-0.25, -0.2) is 4.98 Å². The number of hydrogen-bond acceptors (Lipinski definition) is 7. The first kappa shape index (κ1) is 23.0. The fraction of sp³-hybridized carbons (Fsp3) is 0.250. The zero-order valence-corrected chi connectivity index (χ0v) is 20.4. The molecule has 1 atom stereocenters. The lowest BCUT2D eigenvalue weighted by atomic mass is 10.2. The van der Waals surface area contributed by atoms with E-state index in [-0.39, 0.29) is 18.0 Å². The van der Waals surface area contributed by atoms with Crippen LogP contribution in [0.3, 0.4) is 0 Å². The van der Waals surface area contributed by atoms with E-state index in [0.717, 1.165) is 16.1 Å². The van der Waals surface area contributed by atoms with Gasteiger partial charge in [-0.2, -0.15) is 0 Å². The molecule has 1 amide bonds. The van der Waals surface area contributed by atoms with Crippen molar-refractivity contribution in [3.05, 3.63) is 75.1 Å². The van der Waals surface area contributed by atoms with E-state index < -0.39 is 5.25 Å². The monoisotopic (exact) mass is 480 g/mol. The summed E-state index contributed by atoms with van der Waals surface area (Å²) in [5.74, 6) is 0.376. The second-order valence-corrected chi connectivity index (χ2v) is 10.0. The van der Waals surface area contributed by atoms with E-state index in [9.17, 15) is 9.59 Å². The van der Waals surface area contributed by atoms with Crippen LogP contribution in [-0.4, -0.2) is 32.8 Å². The van der Waals surface area contributed by atoms with Crippen LogP contribution in [0.4, 0.5) is 5.69 Å². The Morgan fingerprint density at radius 2 is 1.97 bits per heavy atom. The number of carbonyl (C=O) groups is 1. The number of thioether (sulfide) groups is 1. The average molecular weight is 481 g/mol. The van der Waals surface area contributed by atoms with Crippen LogP contribution in [0.15, 0.2) is 58.6 Å². The molecule has 0 aliphatic rings. The molecule has 1 unspecified atom stereocenters. The fourth-order valence-corrected chi connectivity index (χ4v) is 5.36. The number of nitrogens with one attached hydrogen (secondary N) is 1. The number of benzene rings is 1. The van der Waals surface area contributed by atoms with Crippen molar-refractivity contribution in [3.63, 3.8) is 0 Å². The molecule has 9 heteroatoms. The van der Waals surface area contributed by atoms with Crippen LogP contribution in [0, 0.1) is 13.8 Å². The van der Waals surface area contributed by atoms with Crippen molar-refractivity contribution >= 4 is 44.9 Å². The summed E-state index contributed by atoms with van der Waals surface area (Å²) < 4.78 is 6.93. The number of fused-ring (bicyclic) bond motifs is 1. The van der Waals surface area contributed by atoms with Crippen molar-refractivity contribution in [2.45, 2.75) is 37.7 Å². The van der Waals surface area contributed by atoms with E-state index in [4.69, 9.17) is 9.72 Å². The topological polar surface area (TPSA) is 86.1 Å². The predicted octanol–water partition coefficient (Wildman–Crippen LogP) is 4.65. The summed E-state index contributed by atoms with van der Waals surface area (Å²) in [5.41, 5.74) is 2.17.